The Morgan fingerprint density at radius 1 is 1.50 bits per heavy atom. The predicted molar refractivity (Wildman–Crippen MR) is 56.7 cm³/mol. The number of benzene rings is 1. The zero-order valence-corrected chi connectivity index (χ0v) is 7.95. The molecule has 0 aliphatic carbocycles. The number of carboxylic acids is 1. The SMILES string of the molecule is Bc1cc(NCC(=O)O)ccc1CO. The van der Waals surface area contributed by atoms with Crippen LogP contribution in [0.5, 0.6) is 0 Å². The van der Waals surface area contributed by atoms with E-state index < -0.39 is 5.97 Å². The fourth-order valence-electron chi connectivity index (χ4n) is 1.16. The van der Waals surface area contributed by atoms with Gasteiger partial charge in [0.2, 0.25) is 0 Å². The number of hydrogen-bond donors (Lipinski definition) is 3. The maximum Gasteiger partial charge on any atom is 0.322 e. The lowest BCUT2D eigenvalue weighted by Gasteiger charge is -2.07. The Morgan fingerprint density at radius 3 is 2.71 bits per heavy atom. The lowest BCUT2D eigenvalue weighted by molar-refractivity contribution is -0.134. The number of hydrogen-bond acceptors (Lipinski definition) is 3. The van der Waals surface area contributed by atoms with E-state index in [1.807, 2.05) is 13.9 Å². The highest BCUT2D eigenvalue weighted by Gasteiger charge is 2.00. The summed E-state index contributed by atoms with van der Waals surface area (Å²) in [6.45, 7) is -0.0943. The second-order valence-corrected chi connectivity index (χ2v) is 3.05. The van der Waals surface area contributed by atoms with Gasteiger partial charge in [-0.15, -0.1) is 0 Å². The molecule has 4 nitrogen and oxygen atoms in total. The van der Waals surface area contributed by atoms with Crippen molar-refractivity contribution in [2.45, 2.75) is 6.61 Å². The van der Waals surface area contributed by atoms with Gasteiger partial charge in [0.25, 0.3) is 0 Å². The van der Waals surface area contributed by atoms with Gasteiger partial charge in [0.1, 0.15) is 14.4 Å². The van der Waals surface area contributed by atoms with Gasteiger partial charge in [-0.3, -0.25) is 4.79 Å². The second-order valence-electron chi connectivity index (χ2n) is 3.05. The number of rotatable bonds is 4. The summed E-state index contributed by atoms with van der Waals surface area (Å²) in [4.78, 5) is 10.3. The second kappa shape index (κ2) is 4.67. The van der Waals surface area contributed by atoms with Gasteiger partial charge in [-0.05, 0) is 17.7 Å². The Labute approximate surface area is 83.0 Å². The van der Waals surface area contributed by atoms with Crippen LogP contribution in [0.1, 0.15) is 5.56 Å². The van der Waals surface area contributed by atoms with E-state index in [-0.39, 0.29) is 13.2 Å². The summed E-state index contributed by atoms with van der Waals surface area (Å²) >= 11 is 0. The normalized spacial score (nSPS) is 9.79. The average molecular weight is 193 g/mol. The van der Waals surface area contributed by atoms with E-state index in [0.717, 1.165) is 16.7 Å². The van der Waals surface area contributed by atoms with Crippen LogP contribution in [-0.2, 0) is 11.4 Å². The maximum atomic E-state index is 10.3. The predicted octanol–water partition coefficient (Wildman–Crippen LogP) is -1.07. The van der Waals surface area contributed by atoms with Crippen molar-refractivity contribution in [3.63, 3.8) is 0 Å². The number of anilines is 1. The number of nitrogens with one attached hydrogen (secondary N) is 1. The van der Waals surface area contributed by atoms with Crippen molar-refractivity contribution in [2.75, 3.05) is 11.9 Å². The van der Waals surface area contributed by atoms with Crippen LogP contribution in [0.3, 0.4) is 0 Å². The fourth-order valence-corrected chi connectivity index (χ4v) is 1.16. The van der Waals surface area contributed by atoms with E-state index in [1.54, 1.807) is 12.1 Å². The highest BCUT2D eigenvalue weighted by Crippen LogP contribution is 2.06. The first-order valence-corrected chi connectivity index (χ1v) is 4.29. The summed E-state index contributed by atoms with van der Waals surface area (Å²) in [7, 11) is 1.87. The van der Waals surface area contributed by atoms with Gasteiger partial charge in [0, 0.05) is 5.69 Å². The molecule has 5 heteroatoms. The van der Waals surface area contributed by atoms with Gasteiger partial charge < -0.3 is 15.5 Å². The van der Waals surface area contributed by atoms with E-state index in [4.69, 9.17) is 10.2 Å². The van der Waals surface area contributed by atoms with E-state index in [1.165, 1.54) is 0 Å². The van der Waals surface area contributed by atoms with Gasteiger partial charge in [-0.1, -0.05) is 11.5 Å². The number of carbonyl (C=O) groups is 1. The number of aliphatic hydroxyl groups excluding tert-OH is 1. The van der Waals surface area contributed by atoms with E-state index in [9.17, 15) is 4.79 Å². The van der Waals surface area contributed by atoms with Crippen LogP contribution in [-0.4, -0.2) is 30.6 Å². The third-order valence-electron chi connectivity index (χ3n) is 1.96. The van der Waals surface area contributed by atoms with Gasteiger partial charge >= 0.3 is 5.97 Å². The van der Waals surface area contributed by atoms with Crippen LogP contribution < -0.4 is 10.8 Å². The first-order chi connectivity index (χ1) is 6.63. The molecule has 0 bridgehead atoms. The van der Waals surface area contributed by atoms with Crippen LogP contribution in [0.25, 0.3) is 0 Å². The average Bonchev–Trinajstić information content (AvgIpc) is 2.15. The molecule has 0 atom stereocenters. The largest absolute Gasteiger partial charge is 0.480 e. The first-order valence-electron chi connectivity index (χ1n) is 4.29. The minimum Gasteiger partial charge on any atom is -0.480 e. The van der Waals surface area contributed by atoms with Crippen molar-refractivity contribution < 1.29 is 15.0 Å². The van der Waals surface area contributed by atoms with Crippen LogP contribution in [0.2, 0.25) is 0 Å². The minimum absolute atomic E-state index is 0.00500. The highest BCUT2D eigenvalue weighted by atomic mass is 16.4. The fraction of sp³-hybridized carbons (Fsp3) is 0.222. The summed E-state index contributed by atoms with van der Waals surface area (Å²) in [6.07, 6.45) is 0. The molecule has 0 aliphatic heterocycles. The smallest absolute Gasteiger partial charge is 0.322 e. The van der Waals surface area contributed by atoms with Gasteiger partial charge in [-0.25, -0.2) is 0 Å². The van der Waals surface area contributed by atoms with Gasteiger partial charge in [0.05, 0.1) is 6.61 Å². The number of carboxylic acid groups (broad SMARTS) is 1. The van der Waals surface area contributed by atoms with Crippen LogP contribution >= 0.6 is 0 Å². The molecule has 1 aromatic rings. The lowest BCUT2D eigenvalue weighted by Crippen LogP contribution is -2.15. The maximum absolute atomic E-state index is 10.3. The van der Waals surface area contributed by atoms with Crippen molar-refractivity contribution >= 4 is 25.0 Å². The summed E-state index contributed by atoms with van der Waals surface area (Å²) in [5.74, 6) is -0.895. The van der Waals surface area contributed by atoms with Crippen molar-refractivity contribution in [2.24, 2.45) is 0 Å². The molecule has 3 N–H and O–H groups in total. The standard InChI is InChI=1S/C9H12BNO3/c10-8-3-7(11-4-9(13)14)2-1-6(8)5-12/h1-3,11-12H,4-5,10H2,(H,13,14). The topological polar surface area (TPSA) is 69.6 Å². The van der Waals surface area contributed by atoms with E-state index >= 15 is 0 Å². The molecule has 0 saturated carbocycles. The molecule has 14 heavy (non-hydrogen) atoms. The van der Waals surface area contributed by atoms with E-state index in [0.29, 0.717) is 0 Å². The lowest BCUT2D eigenvalue weighted by atomic mass is 9.90. The van der Waals surface area contributed by atoms with Crippen molar-refractivity contribution in [3.8, 4) is 0 Å². The molecule has 74 valence electrons. The molecule has 0 radical (unpaired) electrons. The van der Waals surface area contributed by atoms with Crippen LogP contribution in [0.4, 0.5) is 5.69 Å². The molecular formula is C9H12BNO3. The summed E-state index contributed by atoms with van der Waals surface area (Å²) in [6, 6.07) is 5.34. The molecule has 0 unspecified atom stereocenters. The third-order valence-corrected chi connectivity index (χ3v) is 1.96. The molecule has 0 fully saturated rings. The monoisotopic (exact) mass is 193 g/mol. The van der Waals surface area contributed by atoms with Crippen molar-refractivity contribution in [1.82, 2.24) is 0 Å². The molecule has 0 spiro atoms. The quantitative estimate of drug-likeness (QED) is 0.532. The summed E-state index contributed by atoms with van der Waals surface area (Å²) in [5, 5.41) is 20.1. The van der Waals surface area contributed by atoms with Crippen molar-refractivity contribution in [1.29, 1.82) is 0 Å². The Balaban J connectivity index is 2.71. The minimum atomic E-state index is -0.895. The Bertz CT molecular complexity index is 341. The molecule has 0 aliphatic rings. The Kier molecular flexibility index (Phi) is 3.53. The van der Waals surface area contributed by atoms with Crippen LogP contribution in [0, 0.1) is 0 Å². The summed E-state index contributed by atoms with van der Waals surface area (Å²) < 4.78 is 0. The Morgan fingerprint density at radius 2 is 2.21 bits per heavy atom. The summed E-state index contributed by atoms with van der Waals surface area (Å²) in [5.41, 5.74) is 2.55. The van der Waals surface area contributed by atoms with Gasteiger partial charge in [-0.2, -0.15) is 0 Å². The zero-order chi connectivity index (χ0) is 10.6. The Hall–Kier alpha value is -1.49. The first kappa shape index (κ1) is 10.6. The molecule has 0 heterocycles. The molecule has 0 saturated heterocycles. The zero-order valence-electron chi connectivity index (χ0n) is 7.95. The van der Waals surface area contributed by atoms with Gasteiger partial charge in [0.15, 0.2) is 0 Å². The molecule has 1 rings (SSSR count). The molecule has 1 aromatic carbocycles. The van der Waals surface area contributed by atoms with E-state index in [2.05, 4.69) is 5.32 Å². The number of aliphatic hydroxyl groups is 1. The third kappa shape index (κ3) is 2.78. The number of aliphatic carboxylic acids is 1. The van der Waals surface area contributed by atoms with Crippen molar-refractivity contribution in [3.05, 3.63) is 23.8 Å². The highest BCUT2D eigenvalue weighted by molar-refractivity contribution is 6.33. The molecular weight excluding hydrogens is 181 g/mol. The van der Waals surface area contributed by atoms with Crippen LogP contribution in [0.15, 0.2) is 18.2 Å². The molecule has 0 aromatic heterocycles. The molecule has 0 amide bonds.